The highest BCUT2D eigenvalue weighted by Gasteiger charge is 2.25. The highest BCUT2D eigenvalue weighted by Crippen LogP contribution is 2.26. The first kappa shape index (κ1) is 15.3. The van der Waals surface area contributed by atoms with Crippen LogP contribution in [0.15, 0.2) is 33.6 Å². The molecule has 106 valence electrons. The Morgan fingerprint density at radius 3 is 2.58 bits per heavy atom. The molecule has 3 nitrogen and oxygen atoms in total. The molecule has 19 heavy (non-hydrogen) atoms. The summed E-state index contributed by atoms with van der Waals surface area (Å²) in [5.41, 5.74) is 0. The minimum Gasteiger partial charge on any atom is -0.208 e. The zero-order valence-corrected chi connectivity index (χ0v) is 13.6. The van der Waals surface area contributed by atoms with Crippen LogP contribution in [0.25, 0.3) is 0 Å². The molecular weight excluding hydrogens is 350 g/mol. The van der Waals surface area contributed by atoms with E-state index in [1.165, 1.54) is 0 Å². The third kappa shape index (κ3) is 4.18. The number of hydrogen-bond acceptors (Lipinski definition) is 2. The molecule has 0 aromatic heterocycles. The molecule has 1 aromatic rings. The van der Waals surface area contributed by atoms with E-state index in [2.05, 4.69) is 20.7 Å². The molecule has 1 aromatic carbocycles. The van der Waals surface area contributed by atoms with Crippen LogP contribution in [0.1, 0.15) is 25.7 Å². The van der Waals surface area contributed by atoms with Gasteiger partial charge in [0.25, 0.3) is 0 Å². The Morgan fingerprint density at radius 1 is 1.26 bits per heavy atom. The van der Waals surface area contributed by atoms with Gasteiger partial charge in [-0.05, 0) is 49.4 Å². The van der Waals surface area contributed by atoms with Crippen LogP contribution in [0.4, 0.5) is 0 Å². The smallest absolute Gasteiger partial charge is 0.208 e. The van der Waals surface area contributed by atoms with E-state index in [0.29, 0.717) is 16.7 Å². The minimum atomic E-state index is -3.42. The van der Waals surface area contributed by atoms with E-state index < -0.39 is 10.0 Å². The summed E-state index contributed by atoms with van der Waals surface area (Å²) in [6.45, 7) is 0. The summed E-state index contributed by atoms with van der Waals surface area (Å²) in [5.74, 6) is 1.03. The van der Waals surface area contributed by atoms with Crippen molar-refractivity contribution in [2.75, 3.05) is 5.88 Å². The average Bonchev–Trinajstić information content (AvgIpc) is 2.39. The second-order valence-electron chi connectivity index (χ2n) is 4.96. The van der Waals surface area contributed by atoms with Crippen molar-refractivity contribution < 1.29 is 8.42 Å². The average molecular weight is 367 g/mol. The van der Waals surface area contributed by atoms with Crippen LogP contribution < -0.4 is 4.72 Å². The molecule has 2 atom stereocenters. The van der Waals surface area contributed by atoms with E-state index in [1.807, 2.05) is 0 Å². The van der Waals surface area contributed by atoms with Gasteiger partial charge in [-0.15, -0.1) is 11.6 Å². The summed E-state index contributed by atoms with van der Waals surface area (Å²) in [6, 6.07) is 6.68. The van der Waals surface area contributed by atoms with Gasteiger partial charge in [0.2, 0.25) is 10.0 Å². The number of halogens is 2. The van der Waals surface area contributed by atoms with Crippen molar-refractivity contribution in [3.05, 3.63) is 28.7 Å². The van der Waals surface area contributed by atoms with Gasteiger partial charge in [0.1, 0.15) is 0 Å². The summed E-state index contributed by atoms with van der Waals surface area (Å²) >= 11 is 9.17. The number of hydrogen-bond donors (Lipinski definition) is 1. The van der Waals surface area contributed by atoms with E-state index in [1.54, 1.807) is 24.3 Å². The van der Waals surface area contributed by atoms with Crippen LogP contribution >= 0.6 is 27.5 Å². The maximum atomic E-state index is 12.2. The molecule has 1 N–H and O–H groups in total. The number of rotatable bonds is 4. The van der Waals surface area contributed by atoms with Gasteiger partial charge >= 0.3 is 0 Å². The lowest BCUT2D eigenvalue weighted by Crippen LogP contribution is -2.38. The lowest BCUT2D eigenvalue weighted by atomic mass is 9.87. The predicted molar refractivity (Wildman–Crippen MR) is 80.9 cm³/mol. The number of sulfonamides is 1. The van der Waals surface area contributed by atoms with E-state index in [4.69, 9.17) is 11.6 Å². The molecule has 2 rings (SSSR count). The van der Waals surface area contributed by atoms with Gasteiger partial charge in [0, 0.05) is 16.4 Å². The maximum absolute atomic E-state index is 12.2. The van der Waals surface area contributed by atoms with E-state index in [-0.39, 0.29) is 6.04 Å². The molecule has 1 fully saturated rings. The van der Waals surface area contributed by atoms with Crippen molar-refractivity contribution in [3.8, 4) is 0 Å². The molecule has 0 spiro atoms. The van der Waals surface area contributed by atoms with Crippen LogP contribution in [0.3, 0.4) is 0 Å². The zero-order chi connectivity index (χ0) is 13.9. The monoisotopic (exact) mass is 365 g/mol. The van der Waals surface area contributed by atoms with Crippen molar-refractivity contribution >= 4 is 37.6 Å². The molecule has 0 aliphatic heterocycles. The van der Waals surface area contributed by atoms with Gasteiger partial charge in [0.05, 0.1) is 4.90 Å². The fraction of sp³-hybridized carbons (Fsp3) is 0.538. The van der Waals surface area contributed by atoms with Crippen molar-refractivity contribution in [2.24, 2.45) is 5.92 Å². The van der Waals surface area contributed by atoms with E-state index in [0.717, 1.165) is 30.2 Å². The van der Waals surface area contributed by atoms with Crippen molar-refractivity contribution in [1.82, 2.24) is 4.72 Å². The van der Waals surface area contributed by atoms with Gasteiger partial charge in [-0.2, -0.15) is 0 Å². The molecule has 0 saturated heterocycles. The van der Waals surface area contributed by atoms with E-state index in [9.17, 15) is 8.42 Å². The molecule has 0 heterocycles. The Balaban J connectivity index is 2.06. The van der Waals surface area contributed by atoms with Gasteiger partial charge < -0.3 is 0 Å². The summed E-state index contributed by atoms with van der Waals surface area (Å²) in [7, 11) is -3.42. The Morgan fingerprint density at radius 2 is 1.95 bits per heavy atom. The largest absolute Gasteiger partial charge is 0.240 e. The SMILES string of the molecule is O=S(=O)(NC1CCCC(CCl)C1)c1ccc(Br)cc1. The number of alkyl halides is 1. The van der Waals surface area contributed by atoms with Crippen LogP contribution in [0, 0.1) is 5.92 Å². The Hall–Kier alpha value is -0.100. The number of benzene rings is 1. The standard InChI is InChI=1S/C13H17BrClNO2S/c14-11-4-6-13(7-5-11)19(17,18)16-12-3-1-2-10(8-12)9-15/h4-7,10,12,16H,1-3,8-9H2. The highest BCUT2D eigenvalue weighted by atomic mass is 79.9. The Bertz CT molecular complexity index is 518. The maximum Gasteiger partial charge on any atom is 0.240 e. The number of nitrogens with one attached hydrogen (secondary N) is 1. The second-order valence-corrected chi connectivity index (χ2v) is 7.90. The molecule has 0 amide bonds. The minimum absolute atomic E-state index is 0.00569. The third-order valence-electron chi connectivity index (χ3n) is 3.45. The molecule has 0 bridgehead atoms. The topological polar surface area (TPSA) is 46.2 Å². The second kappa shape index (κ2) is 6.57. The first-order valence-electron chi connectivity index (χ1n) is 6.35. The molecule has 1 aliphatic carbocycles. The summed E-state index contributed by atoms with van der Waals surface area (Å²) in [5, 5.41) is 0. The molecule has 2 unspecified atom stereocenters. The predicted octanol–water partition coefficient (Wildman–Crippen LogP) is 3.53. The fourth-order valence-electron chi connectivity index (χ4n) is 2.44. The van der Waals surface area contributed by atoms with Crippen LogP contribution in [-0.2, 0) is 10.0 Å². The quantitative estimate of drug-likeness (QED) is 0.829. The van der Waals surface area contributed by atoms with Crippen LogP contribution in [-0.4, -0.2) is 20.3 Å². The molecule has 6 heteroatoms. The van der Waals surface area contributed by atoms with Crippen molar-refractivity contribution in [2.45, 2.75) is 36.6 Å². The molecule has 1 aliphatic rings. The van der Waals surface area contributed by atoms with Gasteiger partial charge in [0.15, 0.2) is 0 Å². The Kier molecular flexibility index (Phi) is 5.29. The highest BCUT2D eigenvalue weighted by molar-refractivity contribution is 9.10. The first-order chi connectivity index (χ1) is 9.01. The van der Waals surface area contributed by atoms with Crippen LogP contribution in [0.5, 0.6) is 0 Å². The van der Waals surface area contributed by atoms with Gasteiger partial charge in [-0.3, -0.25) is 0 Å². The molecular formula is C13H17BrClNO2S. The Labute approximate surface area is 127 Å². The lowest BCUT2D eigenvalue weighted by Gasteiger charge is -2.28. The van der Waals surface area contributed by atoms with Crippen molar-refractivity contribution in [3.63, 3.8) is 0 Å². The molecule has 1 saturated carbocycles. The summed E-state index contributed by atoms with van der Waals surface area (Å²) < 4.78 is 28.2. The van der Waals surface area contributed by atoms with Crippen LogP contribution in [0.2, 0.25) is 0 Å². The zero-order valence-electron chi connectivity index (χ0n) is 10.5. The normalized spacial score (nSPS) is 24.3. The van der Waals surface area contributed by atoms with Crippen molar-refractivity contribution in [1.29, 1.82) is 0 Å². The van der Waals surface area contributed by atoms with Gasteiger partial charge in [-0.1, -0.05) is 22.4 Å². The first-order valence-corrected chi connectivity index (χ1v) is 9.16. The molecule has 0 radical (unpaired) electrons. The summed E-state index contributed by atoms with van der Waals surface area (Å²) in [4.78, 5) is 0.309. The third-order valence-corrected chi connectivity index (χ3v) is 5.95. The van der Waals surface area contributed by atoms with Gasteiger partial charge in [-0.25, -0.2) is 13.1 Å². The van der Waals surface area contributed by atoms with E-state index >= 15 is 0 Å². The fourth-order valence-corrected chi connectivity index (χ4v) is 4.27. The summed E-state index contributed by atoms with van der Waals surface area (Å²) in [6.07, 6.45) is 3.85. The lowest BCUT2D eigenvalue weighted by molar-refractivity contribution is 0.330.